The molecule has 272 valence electrons. The van der Waals surface area contributed by atoms with Crippen molar-refractivity contribution in [2.75, 3.05) is 0 Å². The van der Waals surface area contributed by atoms with E-state index in [4.69, 9.17) is 0 Å². The average molecular weight is 816 g/mol. The molecule has 56 heavy (non-hydrogen) atoms. The SMILES string of the molecule is CCCc1cc2c(-c3c4ccccc4cc4ccccc34)cccc2[cH-]1.CCCc1cc2c(-c3c4ccccc4cc4ccccc34)cccc2[cH-]1.C[Si](C)=[Zr+2]. The van der Waals surface area contributed by atoms with E-state index in [-0.39, 0.29) is 5.43 Å². The summed E-state index contributed by atoms with van der Waals surface area (Å²) in [5.41, 5.74) is 8.51. The summed E-state index contributed by atoms with van der Waals surface area (Å²) in [5, 5.41) is 16.0. The van der Waals surface area contributed by atoms with E-state index in [1.807, 2.05) is 0 Å². The second kappa shape index (κ2) is 17.1. The number of aryl methyl sites for hydroxylation is 2. The van der Waals surface area contributed by atoms with E-state index >= 15 is 0 Å². The minimum atomic E-state index is 0.210. The molecule has 0 nitrogen and oxygen atoms in total. The molecule has 10 aromatic carbocycles. The molecule has 0 aliphatic carbocycles. The van der Waals surface area contributed by atoms with Gasteiger partial charge in [0.2, 0.25) is 0 Å². The third kappa shape index (κ3) is 7.75. The van der Waals surface area contributed by atoms with Crippen LogP contribution in [0.4, 0.5) is 0 Å². The number of hydrogen-bond donors (Lipinski definition) is 0. The van der Waals surface area contributed by atoms with E-state index in [1.54, 1.807) is 23.3 Å². The molecule has 0 spiro atoms. The third-order valence-corrected chi connectivity index (χ3v) is 10.8. The first-order valence-electron chi connectivity index (χ1n) is 20.1. The Bertz CT molecular complexity index is 2680. The van der Waals surface area contributed by atoms with E-state index in [0.717, 1.165) is 12.8 Å². The van der Waals surface area contributed by atoms with Crippen molar-refractivity contribution in [3.63, 3.8) is 0 Å². The Kier molecular flexibility index (Phi) is 11.6. The van der Waals surface area contributed by atoms with Crippen LogP contribution in [0.5, 0.6) is 0 Å². The molecule has 2 heteroatoms. The van der Waals surface area contributed by atoms with Crippen LogP contribution in [0.2, 0.25) is 13.1 Å². The molecule has 0 unspecified atom stereocenters. The average Bonchev–Trinajstić information content (AvgIpc) is 3.83. The molecule has 10 rings (SSSR count). The quantitative estimate of drug-likeness (QED) is 0.0891. The maximum absolute atomic E-state index is 2.39. The number of fused-ring (bicyclic) bond motifs is 6. The molecular formula is C54H48SiZr. The molecule has 0 N–H and O–H groups in total. The van der Waals surface area contributed by atoms with Crippen LogP contribution in [0.25, 0.3) is 86.9 Å². The summed E-state index contributed by atoms with van der Waals surface area (Å²) in [7, 11) is 0. The predicted molar refractivity (Wildman–Crippen MR) is 245 cm³/mol. The van der Waals surface area contributed by atoms with Gasteiger partial charge in [0.25, 0.3) is 0 Å². The molecule has 0 amide bonds. The molecule has 0 aliphatic heterocycles. The summed E-state index contributed by atoms with van der Waals surface area (Å²) in [6.45, 7) is 9.11. The first-order valence-corrected chi connectivity index (χ1v) is 26.3. The van der Waals surface area contributed by atoms with Gasteiger partial charge in [-0.1, -0.05) is 147 Å². The molecule has 0 saturated heterocycles. The zero-order valence-corrected chi connectivity index (χ0v) is 36.5. The van der Waals surface area contributed by atoms with E-state index in [2.05, 4.69) is 197 Å². The maximum atomic E-state index is 2.39. The van der Waals surface area contributed by atoms with Gasteiger partial charge in [0.15, 0.2) is 0 Å². The summed E-state index contributed by atoms with van der Waals surface area (Å²) in [5.74, 6) is 0. The van der Waals surface area contributed by atoms with Crippen molar-refractivity contribution in [1.82, 2.24) is 0 Å². The fourth-order valence-corrected chi connectivity index (χ4v) is 8.50. The summed E-state index contributed by atoms with van der Waals surface area (Å²) in [6.07, 6.45) is 4.65. The van der Waals surface area contributed by atoms with Crippen LogP contribution in [0.3, 0.4) is 0 Å². The van der Waals surface area contributed by atoms with Gasteiger partial charge >= 0.3 is 41.9 Å². The molecule has 0 fully saturated rings. The Hall–Kier alpha value is -4.88. The van der Waals surface area contributed by atoms with Crippen LogP contribution < -0.4 is 0 Å². The Morgan fingerprint density at radius 2 is 0.732 bits per heavy atom. The van der Waals surface area contributed by atoms with E-state index < -0.39 is 0 Å². The van der Waals surface area contributed by atoms with Crippen molar-refractivity contribution in [2.45, 2.75) is 52.6 Å². The van der Waals surface area contributed by atoms with E-state index in [1.165, 1.54) is 111 Å². The van der Waals surface area contributed by atoms with Crippen LogP contribution in [-0.4, -0.2) is 5.43 Å². The zero-order chi connectivity index (χ0) is 38.6. The molecule has 0 atom stereocenters. The first-order chi connectivity index (χ1) is 27.4. The summed E-state index contributed by atoms with van der Waals surface area (Å²) in [6, 6.07) is 62.6. The van der Waals surface area contributed by atoms with Gasteiger partial charge in [-0.15, -0.1) is 69.1 Å². The van der Waals surface area contributed by atoms with Gasteiger partial charge in [-0.2, -0.15) is 12.1 Å². The van der Waals surface area contributed by atoms with Gasteiger partial charge in [0.1, 0.15) is 0 Å². The van der Waals surface area contributed by atoms with Crippen molar-refractivity contribution >= 4 is 70.1 Å². The zero-order valence-electron chi connectivity index (χ0n) is 33.0. The number of benzene rings is 8. The Balaban J connectivity index is 0.000000144. The van der Waals surface area contributed by atoms with Crippen molar-refractivity contribution in [1.29, 1.82) is 0 Å². The van der Waals surface area contributed by atoms with Crippen LogP contribution >= 0.6 is 0 Å². The Morgan fingerprint density at radius 3 is 1.05 bits per heavy atom. The normalized spacial score (nSPS) is 11.2. The van der Waals surface area contributed by atoms with Crippen molar-refractivity contribution in [2.24, 2.45) is 0 Å². The molecule has 0 bridgehead atoms. The topological polar surface area (TPSA) is 0 Å². The van der Waals surface area contributed by atoms with Gasteiger partial charge in [0.05, 0.1) is 0 Å². The molecule has 10 aromatic rings. The van der Waals surface area contributed by atoms with E-state index in [0.29, 0.717) is 0 Å². The molecule has 0 saturated carbocycles. The van der Waals surface area contributed by atoms with Gasteiger partial charge in [0, 0.05) is 0 Å². The van der Waals surface area contributed by atoms with Crippen LogP contribution in [0.1, 0.15) is 37.8 Å². The van der Waals surface area contributed by atoms with Crippen molar-refractivity contribution < 1.29 is 23.3 Å². The van der Waals surface area contributed by atoms with Crippen LogP contribution in [0, 0.1) is 0 Å². The Morgan fingerprint density at radius 1 is 0.411 bits per heavy atom. The van der Waals surface area contributed by atoms with Gasteiger partial charge in [-0.25, -0.2) is 0 Å². The second-order valence-corrected chi connectivity index (χ2v) is 24.6. The fraction of sp³-hybridized carbons (Fsp3) is 0.148. The van der Waals surface area contributed by atoms with Gasteiger partial charge in [-0.3, -0.25) is 0 Å². The minimum absolute atomic E-state index is 0.210. The van der Waals surface area contributed by atoms with Crippen LogP contribution in [0.15, 0.2) is 170 Å². The summed E-state index contributed by atoms with van der Waals surface area (Å²) in [4.78, 5) is 0. The molecular weight excluding hydrogens is 768 g/mol. The van der Waals surface area contributed by atoms with Gasteiger partial charge in [-0.05, 0) is 79.2 Å². The predicted octanol–water partition coefficient (Wildman–Crippen LogP) is 15.8. The van der Waals surface area contributed by atoms with Gasteiger partial charge < -0.3 is 0 Å². The molecule has 0 aliphatic rings. The molecule has 0 radical (unpaired) electrons. The fourth-order valence-electron chi connectivity index (χ4n) is 8.50. The summed E-state index contributed by atoms with van der Waals surface area (Å²) >= 11 is 1.74. The van der Waals surface area contributed by atoms with Crippen molar-refractivity contribution in [3.8, 4) is 22.3 Å². The first kappa shape index (κ1) is 38.0. The monoisotopic (exact) mass is 814 g/mol. The Labute approximate surface area is 346 Å². The standard InChI is InChI=1S/2C26H21.C2H6Si.Zr/c2*1-2-8-18-15-19-11-7-14-24(25(19)16-18)26-22-12-5-3-9-20(22)17-21-10-4-6-13-23(21)26;1-3-2;/h2*3-7,9-17H,2,8H2,1H3;1-2H3;/q2*-1;;+2. The molecule has 0 heterocycles. The van der Waals surface area contributed by atoms with E-state index in [9.17, 15) is 0 Å². The second-order valence-electron chi connectivity index (χ2n) is 15.2. The summed E-state index contributed by atoms with van der Waals surface area (Å²) < 4.78 is 0. The van der Waals surface area contributed by atoms with Crippen molar-refractivity contribution in [3.05, 3.63) is 181 Å². The third-order valence-electron chi connectivity index (χ3n) is 10.8. The van der Waals surface area contributed by atoms with Crippen LogP contribution in [-0.2, 0) is 36.2 Å². The number of hydrogen-bond acceptors (Lipinski definition) is 0. The molecule has 0 aromatic heterocycles. The number of rotatable bonds is 6.